The van der Waals surface area contributed by atoms with E-state index >= 15 is 0 Å². The van der Waals surface area contributed by atoms with E-state index in [2.05, 4.69) is 69.8 Å². The Labute approximate surface area is 323 Å². The average molecular weight is 744 g/mol. The summed E-state index contributed by atoms with van der Waals surface area (Å²) in [5.41, 5.74) is 1.48. The number of ether oxygens (including phenoxy) is 1. The molecule has 1 amide bonds. The lowest BCUT2D eigenvalue weighted by Gasteiger charge is -2.72. The molecule has 296 valence electrons. The molecule has 5 aliphatic carbocycles. The number of ketones is 1. The van der Waals surface area contributed by atoms with Gasteiger partial charge in [0.15, 0.2) is 5.78 Å². The van der Waals surface area contributed by atoms with Crippen LogP contribution in [0.1, 0.15) is 139 Å². The summed E-state index contributed by atoms with van der Waals surface area (Å²) in [7, 11) is 0. The Hall–Kier alpha value is -3.20. The van der Waals surface area contributed by atoms with Crippen LogP contribution in [0.3, 0.4) is 0 Å². The molecule has 0 aliphatic heterocycles. The third kappa shape index (κ3) is 6.23. The topological polar surface area (TPSA) is 136 Å². The van der Waals surface area contributed by atoms with Gasteiger partial charge in [0, 0.05) is 18.0 Å². The molecule has 0 saturated heterocycles. The zero-order valence-electron chi connectivity index (χ0n) is 34.5. The van der Waals surface area contributed by atoms with Crippen LogP contribution >= 0.6 is 0 Å². The second-order valence-electron chi connectivity index (χ2n) is 20.0. The monoisotopic (exact) mass is 743 g/mol. The summed E-state index contributed by atoms with van der Waals surface area (Å²) in [5.74, 6) is -0.306. The normalized spacial score (nSPS) is 37.2. The quantitative estimate of drug-likeness (QED) is 0.170. The van der Waals surface area contributed by atoms with Gasteiger partial charge in [-0.05, 0) is 141 Å². The van der Waals surface area contributed by atoms with Crippen LogP contribution in [-0.4, -0.2) is 51.7 Å². The summed E-state index contributed by atoms with van der Waals surface area (Å²) in [6.07, 6.45) is 16.2. The van der Waals surface area contributed by atoms with Crippen LogP contribution in [0.4, 0.5) is 0 Å². The van der Waals surface area contributed by atoms with E-state index in [1.165, 1.54) is 11.9 Å². The number of carbonyl (C=O) groups is 4. The number of carboxylic acids is 1. The van der Waals surface area contributed by atoms with Crippen molar-refractivity contribution in [2.45, 2.75) is 139 Å². The van der Waals surface area contributed by atoms with Crippen LogP contribution < -0.4 is 5.32 Å². The molecule has 1 aromatic heterocycles. The predicted octanol–water partition coefficient (Wildman–Crippen LogP) is 8.50. The van der Waals surface area contributed by atoms with Gasteiger partial charge < -0.3 is 20.0 Å². The highest BCUT2D eigenvalue weighted by Crippen LogP contribution is 2.77. The fourth-order valence-electron chi connectivity index (χ4n) is 13.1. The van der Waals surface area contributed by atoms with Crippen molar-refractivity contribution in [3.05, 3.63) is 47.6 Å². The van der Waals surface area contributed by atoms with Crippen molar-refractivity contribution in [1.82, 2.24) is 15.3 Å². The third-order valence-electron chi connectivity index (χ3n) is 16.5. The van der Waals surface area contributed by atoms with Gasteiger partial charge in [0.2, 0.25) is 5.91 Å². The summed E-state index contributed by atoms with van der Waals surface area (Å²) >= 11 is 0. The number of nitrogens with one attached hydrogen (secondary N) is 1. The fraction of sp³-hybridized carbons (Fsp3) is 0.733. The minimum absolute atomic E-state index is 0.00219. The number of aromatic nitrogens is 2. The van der Waals surface area contributed by atoms with Gasteiger partial charge in [0.05, 0.1) is 35.8 Å². The number of carboxylic acid groups (broad SMARTS) is 1. The van der Waals surface area contributed by atoms with E-state index in [0.717, 1.165) is 68.9 Å². The maximum atomic E-state index is 14.0. The molecule has 1 heterocycles. The molecule has 0 aromatic carbocycles. The molecule has 54 heavy (non-hydrogen) atoms. The molecule has 9 heteroatoms. The first kappa shape index (κ1) is 40.5. The number of hydrogen-bond donors (Lipinski definition) is 2. The van der Waals surface area contributed by atoms with Crippen molar-refractivity contribution in [3.63, 3.8) is 0 Å². The van der Waals surface area contributed by atoms with Gasteiger partial charge in [-0.15, -0.1) is 0 Å². The number of aliphatic carboxylic acids is 1. The van der Waals surface area contributed by atoms with E-state index in [1.807, 2.05) is 13.0 Å². The molecule has 1 aromatic rings. The van der Waals surface area contributed by atoms with Crippen molar-refractivity contribution in [3.8, 4) is 0 Å². The number of amides is 1. The van der Waals surface area contributed by atoms with Gasteiger partial charge in [-0.3, -0.25) is 14.4 Å². The zero-order chi connectivity index (χ0) is 39.6. The number of nitrogens with zero attached hydrogens (tertiary/aromatic N) is 2. The van der Waals surface area contributed by atoms with Crippen LogP contribution in [0.25, 0.3) is 0 Å². The Balaban J connectivity index is 1.26. The first-order chi connectivity index (χ1) is 25.2. The summed E-state index contributed by atoms with van der Waals surface area (Å²) in [6, 6.07) is 1.54. The van der Waals surface area contributed by atoms with E-state index in [4.69, 9.17) is 4.74 Å². The smallest absolute Gasteiger partial charge is 0.309 e. The van der Waals surface area contributed by atoms with Crippen molar-refractivity contribution in [1.29, 1.82) is 0 Å². The van der Waals surface area contributed by atoms with Crippen LogP contribution in [0.5, 0.6) is 0 Å². The third-order valence-corrected chi connectivity index (χ3v) is 16.5. The Morgan fingerprint density at radius 2 is 1.72 bits per heavy atom. The highest BCUT2D eigenvalue weighted by atomic mass is 16.5. The van der Waals surface area contributed by atoms with Crippen LogP contribution in [0.15, 0.2) is 41.9 Å². The molecule has 0 bridgehead atoms. The Bertz CT molecular complexity index is 1720. The van der Waals surface area contributed by atoms with E-state index in [1.54, 1.807) is 26.1 Å². The number of aldehydes is 1. The molecule has 4 fully saturated rings. The van der Waals surface area contributed by atoms with E-state index in [0.29, 0.717) is 18.3 Å². The average Bonchev–Trinajstić information content (AvgIpc) is 3.41. The van der Waals surface area contributed by atoms with E-state index in [-0.39, 0.29) is 63.9 Å². The largest absolute Gasteiger partial charge is 0.481 e. The minimum atomic E-state index is -1.19. The van der Waals surface area contributed by atoms with Crippen molar-refractivity contribution in [2.75, 3.05) is 6.61 Å². The maximum Gasteiger partial charge on any atom is 0.309 e. The Kier molecular flexibility index (Phi) is 10.5. The Morgan fingerprint density at radius 3 is 2.35 bits per heavy atom. The van der Waals surface area contributed by atoms with Crippen molar-refractivity contribution >= 4 is 23.9 Å². The highest BCUT2D eigenvalue weighted by Gasteiger charge is 2.69. The number of rotatable bonds is 11. The molecule has 0 spiro atoms. The van der Waals surface area contributed by atoms with Gasteiger partial charge in [0.1, 0.15) is 12.6 Å². The van der Waals surface area contributed by atoms with Crippen molar-refractivity contribution in [2.24, 2.45) is 62.1 Å². The SMILES string of the molecule is CC(C)C1=C2[C@H]3CC[C@@H]4[C@@]5(C)CC[C@H](OCC(C=O)C(C)(C)C(=O)O)C(C)(C)[C@@H]5CC[C@@]4(C)[C@]3(C)CC[C@@]2(/C=C/C(=O)N[C@@H](C)c2ccncn2)CC1=O. The molecule has 6 rings (SSSR count). The second-order valence-corrected chi connectivity index (χ2v) is 20.0. The van der Waals surface area contributed by atoms with Crippen LogP contribution in [0, 0.1) is 62.1 Å². The number of carbonyl (C=O) groups excluding carboxylic acids is 3. The van der Waals surface area contributed by atoms with Crippen LogP contribution in [0.2, 0.25) is 0 Å². The minimum Gasteiger partial charge on any atom is -0.481 e. The molecule has 9 nitrogen and oxygen atoms in total. The lowest BCUT2D eigenvalue weighted by atomic mass is 9.33. The lowest BCUT2D eigenvalue weighted by molar-refractivity contribution is -0.234. The molecule has 0 radical (unpaired) electrons. The number of hydrogen-bond acceptors (Lipinski definition) is 7. The van der Waals surface area contributed by atoms with E-state index in [9.17, 15) is 24.3 Å². The molecule has 2 N–H and O–H groups in total. The molecule has 4 saturated carbocycles. The molecule has 1 unspecified atom stereocenters. The van der Waals surface area contributed by atoms with Gasteiger partial charge in [-0.2, -0.15) is 0 Å². The molecular formula is C45H65N3O6. The number of allylic oxidation sites excluding steroid dienone is 3. The molecular weight excluding hydrogens is 679 g/mol. The molecule has 5 aliphatic rings. The predicted molar refractivity (Wildman–Crippen MR) is 208 cm³/mol. The standard InChI is InChI=1S/C45H65N3O6/c1-27(2)37-32(50)23-45(19-15-36(51)48-28(3)31-16-22-46-26-47-31)21-20-43(9)30(38(37)45)11-12-34-42(8)17-14-35(41(6,7)33(42)13-18-44(34,43)10)54-25-29(24-49)40(4,5)39(52)53/h15-16,19,22,24,26-30,33-35H,11-14,17-18,20-21,23,25H2,1-10H3,(H,48,51)(H,52,53)/b19-15+/t28-,29?,30+,33-,34+,35-,42-,43+,44+,45-/m0/s1. The summed E-state index contributed by atoms with van der Waals surface area (Å²) in [4.78, 5) is 59.6. The second kappa shape index (κ2) is 14.1. The van der Waals surface area contributed by atoms with E-state index < -0.39 is 22.7 Å². The van der Waals surface area contributed by atoms with Crippen molar-refractivity contribution < 1.29 is 29.0 Å². The first-order valence-corrected chi connectivity index (χ1v) is 20.5. The van der Waals surface area contributed by atoms with Crippen LogP contribution in [-0.2, 0) is 23.9 Å². The Morgan fingerprint density at radius 1 is 1.00 bits per heavy atom. The zero-order valence-corrected chi connectivity index (χ0v) is 34.5. The van der Waals surface area contributed by atoms with Gasteiger partial charge in [0.25, 0.3) is 0 Å². The van der Waals surface area contributed by atoms with Gasteiger partial charge in [-0.1, -0.05) is 54.5 Å². The fourth-order valence-corrected chi connectivity index (χ4v) is 13.1. The summed E-state index contributed by atoms with van der Waals surface area (Å²) in [5, 5.41) is 12.9. The number of fused-ring (bicyclic) bond motifs is 7. The van der Waals surface area contributed by atoms with Gasteiger partial charge in [-0.25, -0.2) is 9.97 Å². The maximum absolute atomic E-state index is 14.0. The highest BCUT2D eigenvalue weighted by molar-refractivity contribution is 6.01. The van der Waals surface area contributed by atoms with Gasteiger partial charge >= 0.3 is 5.97 Å². The lowest BCUT2D eigenvalue weighted by Crippen LogP contribution is -2.65. The number of Topliss-reactive ketones (excluding diaryl/α,β-unsaturated/α-hetero) is 1. The summed E-state index contributed by atoms with van der Waals surface area (Å²) < 4.78 is 6.56. The first-order valence-electron chi connectivity index (χ1n) is 20.5. The summed E-state index contributed by atoms with van der Waals surface area (Å²) in [6.45, 7) is 21.9. The molecule has 10 atom stereocenters.